The monoisotopic (exact) mass is 344 g/mol. The van der Waals surface area contributed by atoms with Gasteiger partial charge in [0.25, 0.3) is 5.03 Å². The number of allylic oxidation sites excluding steroid dienone is 1. The summed E-state index contributed by atoms with van der Waals surface area (Å²) in [6.07, 6.45) is 3.04. The third kappa shape index (κ3) is 3.91. The molecule has 24 heavy (non-hydrogen) atoms. The second kappa shape index (κ2) is 8.13. The molecule has 0 N–H and O–H groups in total. The fourth-order valence-electron chi connectivity index (χ4n) is 2.02. The normalized spacial score (nSPS) is 10.8. The molecule has 0 aliphatic heterocycles. The summed E-state index contributed by atoms with van der Waals surface area (Å²) in [5.41, 5.74) is 0.696. The molecular weight excluding hydrogens is 328 g/mol. The summed E-state index contributed by atoms with van der Waals surface area (Å²) in [5, 5.41) is 21.5. The van der Waals surface area contributed by atoms with Gasteiger partial charge in [-0.25, -0.2) is 0 Å². The Kier molecular flexibility index (Phi) is 5.93. The van der Waals surface area contributed by atoms with Crippen molar-refractivity contribution in [2.75, 3.05) is 21.3 Å². The Labute approximate surface area is 144 Å². The number of aromatic nitrogens is 1. The number of pyridine rings is 1. The highest BCUT2D eigenvalue weighted by atomic mass is 32.2. The molecule has 124 valence electrons. The Hall–Kier alpha value is -2.85. The fourth-order valence-corrected chi connectivity index (χ4v) is 2.79. The first-order valence-corrected chi connectivity index (χ1v) is 7.72. The van der Waals surface area contributed by atoms with Crippen molar-refractivity contribution in [3.05, 3.63) is 52.2 Å². The molecule has 1 aromatic carbocycles. The summed E-state index contributed by atoms with van der Waals surface area (Å²) >= 11 is 1.08. The predicted molar refractivity (Wildman–Crippen MR) is 90.9 cm³/mol. The van der Waals surface area contributed by atoms with Crippen molar-refractivity contribution >= 4 is 17.8 Å². The van der Waals surface area contributed by atoms with Crippen molar-refractivity contribution in [2.45, 2.75) is 5.03 Å². The molecule has 6 nitrogen and oxygen atoms in total. The van der Waals surface area contributed by atoms with E-state index in [0.717, 1.165) is 11.8 Å². The third-order valence-corrected chi connectivity index (χ3v) is 4.05. The van der Waals surface area contributed by atoms with Gasteiger partial charge in [0.1, 0.15) is 6.07 Å². The van der Waals surface area contributed by atoms with Crippen molar-refractivity contribution in [2.24, 2.45) is 0 Å². The van der Waals surface area contributed by atoms with Crippen molar-refractivity contribution in [3.63, 3.8) is 0 Å². The highest BCUT2D eigenvalue weighted by molar-refractivity contribution is 8.03. The number of rotatable bonds is 6. The molecule has 0 radical (unpaired) electrons. The van der Waals surface area contributed by atoms with Gasteiger partial charge >= 0.3 is 0 Å². The summed E-state index contributed by atoms with van der Waals surface area (Å²) in [6.45, 7) is 0. The smallest absolute Gasteiger partial charge is 0.256 e. The minimum atomic E-state index is 0.361. The van der Waals surface area contributed by atoms with Crippen molar-refractivity contribution in [1.29, 1.82) is 5.26 Å². The zero-order chi connectivity index (χ0) is 17.5. The molecule has 7 heteroatoms. The summed E-state index contributed by atoms with van der Waals surface area (Å²) in [5.74, 6) is 1.46. The number of nitriles is 1. The Balaban J connectivity index is 2.41. The summed E-state index contributed by atoms with van der Waals surface area (Å²) in [4.78, 5) is 0.361. The average molecular weight is 344 g/mol. The Morgan fingerprint density at radius 1 is 1.17 bits per heavy atom. The van der Waals surface area contributed by atoms with Crippen LogP contribution in [0.5, 0.6) is 17.2 Å². The molecule has 0 bridgehead atoms. The number of ether oxygens (including phenoxy) is 3. The highest BCUT2D eigenvalue weighted by Gasteiger charge is 2.14. The number of hydrogen-bond donors (Lipinski definition) is 0. The molecule has 0 aliphatic rings. The van der Waals surface area contributed by atoms with E-state index < -0.39 is 0 Å². The van der Waals surface area contributed by atoms with Crippen LogP contribution in [0, 0.1) is 16.5 Å². The van der Waals surface area contributed by atoms with E-state index >= 15 is 0 Å². The van der Waals surface area contributed by atoms with Crippen LogP contribution in [0.3, 0.4) is 0 Å². The van der Waals surface area contributed by atoms with Crippen LogP contribution >= 0.6 is 11.8 Å². The molecule has 0 atom stereocenters. The molecule has 0 saturated heterocycles. The zero-order valence-electron chi connectivity index (χ0n) is 13.5. The van der Waals surface area contributed by atoms with Gasteiger partial charge in [0, 0.05) is 12.1 Å². The van der Waals surface area contributed by atoms with Gasteiger partial charge in [0.15, 0.2) is 17.7 Å². The van der Waals surface area contributed by atoms with Crippen LogP contribution in [0.25, 0.3) is 6.08 Å². The quantitative estimate of drug-likeness (QED) is 0.347. The first-order chi connectivity index (χ1) is 11.6. The molecule has 0 amide bonds. The van der Waals surface area contributed by atoms with Crippen LogP contribution in [-0.4, -0.2) is 21.3 Å². The maximum Gasteiger partial charge on any atom is 0.256 e. The number of benzene rings is 1. The predicted octanol–water partition coefficient (Wildman–Crippen LogP) is 3.00. The first kappa shape index (κ1) is 17.5. The Morgan fingerprint density at radius 2 is 1.83 bits per heavy atom. The van der Waals surface area contributed by atoms with E-state index in [1.165, 1.54) is 27.5 Å². The van der Waals surface area contributed by atoms with Gasteiger partial charge < -0.3 is 19.4 Å². The van der Waals surface area contributed by atoms with Gasteiger partial charge in [-0.15, -0.1) is 0 Å². The van der Waals surface area contributed by atoms with Crippen LogP contribution in [0.1, 0.15) is 5.56 Å². The Bertz CT molecular complexity index is 774. The van der Waals surface area contributed by atoms with Crippen LogP contribution in [-0.2, 0) is 0 Å². The number of methoxy groups -OCH3 is 3. The van der Waals surface area contributed by atoms with Gasteiger partial charge in [-0.05, 0) is 41.6 Å². The first-order valence-electron chi connectivity index (χ1n) is 6.90. The van der Waals surface area contributed by atoms with E-state index in [1.54, 1.807) is 36.4 Å². The Morgan fingerprint density at radius 3 is 2.33 bits per heavy atom. The highest BCUT2D eigenvalue weighted by Crippen LogP contribution is 2.39. The van der Waals surface area contributed by atoms with Crippen molar-refractivity contribution < 1.29 is 18.9 Å². The molecule has 0 unspecified atom stereocenters. The molecule has 1 aromatic heterocycles. The number of hydrogen-bond acceptors (Lipinski definition) is 6. The summed E-state index contributed by atoms with van der Waals surface area (Å²) in [6, 6.07) is 10.6. The lowest BCUT2D eigenvalue weighted by Crippen LogP contribution is -2.27. The SMILES string of the molecule is COc1cc(/C=C(\C#N)Sc2cccc[n+]2[O-])cc(OC)c1OC. The molecular formula is C17H16N2O4S. The van der Waals surface area contributed by atoms with Gasteiger partial charge in [-0.2, -0.15) is 9.99 Å². The minimum Gasteiger partial charge on any atom is -0.618 e. The third-order valence-electron chi connectivity index (χ3n) is 3.10. The maximum absolute atomic E-state index is 11.7. The van der Waals surface area contributed by atoms with Gasteiger partial charge in [0.2, 0.25) is 5.75 Å². The molecule has 2 rings (SSSR count). The number of nitrogens with zero attached hydrogens (tertiary/aromatic N) is 2. The minimum absolute atomic E-state index is 0.361. The number of thioether (sulfide) groups is 1. The van der Waals surface area contributed by atoms with E-state index in [1.807, 2.05) is 0 Å². The van der Waals surface area contributed by atoms with E-state index in [9.17, 15) is 10.5 Å². The molecule has 0 spiro atoms. The molecule has 2 aromatic rings. The topological polar surface area (TPSA) is 78.4 Å². The lowest BCUT2D eigenvalue weighted by Gasteiger charge is -2.13. The average Bonchev–Trinajstić information content (AvgIpc) is 2.61. The zero-order valence-corrected chi connectivity index (χ0v) is 14.3. The molecule has 1 heterocycles. The maximum atomic E-state index is 11.7. The van der Waals surface area contributed by atoms with Crippen LogP contribution in [0.4, 0.5) is 0 Å². The standard InChI is InChI=1S/C17H16N2O4S/c1-21-14-9-12(10-15(22-2)17(14)23-3)8-13(11-18)24-16-6-4-5-7-19(16)20/h4-10H,1-3H3/b13-8+. The summed E-state index contributed by atoms with van der Waals surface area (Å²) < 4.78 is 16.6. The largest absolute Gasteiger partial charge is 0.618 e. The second-order valence-electron chi connectivity index (χ2n) is 4.55. The van der Waals surface area contributed by atoms with Crippen LogP contribution in [0.15, 0.2) is 46.5 Å². The van der Waals surface area contributed by atoms with Crippen LogP contribution < -0.4 is 18.9 Å². The van der Waals surface area contributed by atoms with Crippen molar-refractivity contribution in [1.82, 2.24) is 0 Å². The molecule has 0 aliphatic carbocycles. The van der Waals surface area contributed by atoms with E-state index in [2.05, 4.69) is 6.07 Å². The second-order valence-corrected chi connectivity index (χ2v) is 5.61. The van der Waals surface area contributed by atoms with Crippen LogP contribution in [0.2, 0.25) is 0 Å². The molecule has 0 saturated carbocycles. The van der Waals surface area contributed by atoms with Crippen molar-refractivity contribution in [3.8, 4) is 23.3 Å². The van der Waals surface area contributed by atoms with E-state index in [-0.39, 0.29) is 0 Å². The summed E-state index contributed by atoms with van der Waals surface area (Å²) in [7, 11) is 4.57. The lowest BCUT2D eigenvalue weighted by molar-refractivity contribution is -0.645. The van der Waals surface area contributed by atoms with Gasteiger partial charge in [0.05, 0.1) is 26.2 Å². The lowest BCUT2D eigenvalue weighted by atomic mass is 10.1. The van der Waals surface area contributed by atoms with Gasteiger partial charge in [-0.1, -0.05) is 0 Å². The van der Waals surface area contributed by atoms with E-state index in [4.69, 9.17) is 14.2 Å². The van der Waals surface area contributed by atoms with E-state index in [0.29, 0.717) is 37.5 Å². The van der Waals surface area contributed by atoms with Gasteiger partial charge in [-0.3, -0.25) is 0 Å². The fraction of sp³-hybridized carbons (Fsp3) is 0.176. The molecule has 0 fully saturated rings.